The Labute approximate surface area is 121 Å². The van der Waals surface area contributed by atoms with Crippen LogP contribution in [0.1, 0.15) is 28.8 Å². The van der Waals surface area contributed by atoms with Crippen molar-refractivity contribution in [1.29, 1.82) is 0 Å². The molecule has 1 aromatic carbocycles. The highest BCUT2D eigenvalue weighted by Gasteiger charge is 2.23. The molecule has 1 aromatic rings. The molecule has 1 fully saturated rings. The van der Waals surface area contributed by atoms with Gasteiger partial charge in [-0.2, -0.15) is 0 Å². The molecule has 1 aliphatic rings. The Kier molecular flexibility index (Phi) is 4.42. The third-order valence-corrected chi connectivity index (χ3v) is 3.40. The standard InChI is InChI=1S/C14H17N3O4/c1-8-9(13(19)20)4-2-5-10(8)16-14(21)17-11-6-3-7-15-12(11)18/h2,4-5,11H,3,6-7H2,1H3,(H,15,18)(H,19,20)(H2,16,17,21). The largest absolute Gasteiger partial charge is 0.478 e. The van der Waals surface area contributed by atoms with Crippen molar-refractivity contribution in [2.45, 2.75) is 25.8 Å². The van der Waals surface area contributed by atoms with Crippen LogP contribution in [0.5, 0.6) is 0 Å². The van der Waals surface area contributed by atoms with E-state index in [0.717, 1.165) is 6.42 Å². The quantitative estimate of drug-likeness (QED) is 0.668. The third-order valence-electron chi connectivity index (χ3n) is 3.40. The molecule has 112 valence electrons. The maximum Gasteiger partial charge on any atom is 0.336 e. The normalized spacial score (nSPS) is 17.8. The first-order chi connectivity index (χ1) is 9.99. The molecule has 0 saturated carbocycles. The van der Waals surface area contributed by atoms with Crippen LogP contribution < -0.4 is 16.0 Å². The number of urea groups is 1. The number of carbonyl (C=O) groups is 3. The van der Waals surface area contributed by atoms with Gasteiger partial charge in [-0.05, 0) is 37.5 Å². The van der Waals surface area contributed by atoms with Crippen molar-refractivity contribution in [2.75, 3.05) is 11.9 Å². The molecule has 1 saturated heterocycles. The Morgan fingerprint density at radius 3 is 2.81 bits per heavy atom. The second-order valence-electron chi connectivity index (χ2n) is 4.87. The zero-order valence-corrected chi connectivity index (χ0v) is 11.6. The number of carboxylic acid groups (broad SMARTS) is 1. The summed E-state index contributed by atoms with van der Waals surface area (Å²) < 4.78 is 0. The molecule has 0 aliphatic carbocycles. The van der Waals surface area contributed by atoms with E-state index in [1.807, 2.05) is 0 Å². The maximum atomic E-state index is 11.9. The molecule has 1 unspecified atom stereocenters. The fourth-order valence-electron chi connectivity index (χ4n) is 2.23. The Morgan fingerprint density at radius 2 is 2.14 bits per heavy atom. The zero-order chi connectivity index (χ0) is 15.4. The lowest BCUT2D eigenvalue weighted by Crippen LogP contribution is -2.51. The van der Waals surface area contributed by atoms with Crippen molar-refractivity contribution >= 4 is 23.6 Å². The summed E-state index contributed by atoms with van der Waals surface area (Å²) in [6.45, 7) is 2.24. The van der Waals surface area contributed by atoms with Gasteiger partial charge in [0, 0.05) is 12.2 Å². The van der Waals surface area contributed by atoms with Gasteiger partial charge in [-0.15, -0.1) is 0 Å². The fourth-order valence-corrected chi connectivity index (χ4v) is 2.23. The molecule has 0 spiro atoms. The maximum absolute atomic E-state index is 11.9. The monoisotopic (exact) mass is 291 g/mol. The SMILES string of the molecule is Cc1c(NC(=O)NC2CCCNC2=O)cccc1C(=O)O. The number of piperidine rings is 1. The minimum absolute atomic E-state index is 0.128. The number of aromatic carboxylic acids is 1. The second kappa shape index (κ2) is 6.25. The van der Waals surface area contributed by atoms with Crippen molar-refractivity contribution in [3.8, 4) is 0 Å². The van der Waals surface area contributed by atoms with Crippen LogP contribution in [-0.4, -0.2) is 35.6 Å². The molecule has 7 heteroatoms. The van der Waals surface area contributed by atoms with Gasteiger partial charge in [-0.25, -0.2) is 9.59 Å². The minimum atomic E-state index is -1.05. The first kappa shape index (κ1) is 14.8. The lowest BCUT2D eigenvalue weighted by molar-refractivity contribution is -0.124. The Hall–Kier alpha value is -2.57. The number of amides is 3. The number of nitrogens with one attached hydrogen (secondary N) is 3. The highest BCUT2D eigenvalue weighted by Crippen LogP contribution is 2.19. The van der Waals surface area contributed by atoms with E-state index in [2.05, 4.69) is 16.0 Å². The molecule has 2 rings (SSSR count). The predicted octanol–water partition coefficient (Wildman–Crippen LogP) is 1.09. The number of carbonyl (C=O) groups excluding carboxylic acids is 2. The van der Waals surface area contributed by atoms with Crippen LogP contribution in [0.2, 0.25) is 0 Å². The molecule has 0 aromatic heterocycles. The first-order valence-corrected chi connectivity index (χ1v) is 6.67. The number of hydrogen-bond acceptors (Lipinski definition) is 3. The van der Waals surface area contributed by atoms with Gasteiger partial charge in [0.2, 0.25) is 5.91 Å². The van der Waals surface area contributed by atoms with Crippen molar-refractivity contribution in [2.24, 2.45) is 0 Å². The highest BCUT2D eigenvalue weighted by molar-refractivity contribution is 5.97. The van der Waals surface area contributed by atoms with E-state index in [9.17, 15) is 14.4 Å². The number of benzene rings is 1. The van der Waals surface area contributed by atoms with Crippen LogP contribution in [-0.2, 0) is 4.79 Å². The van der Waals surface area contributed by atoms with Crippen LogP contribution in [0.4, 0.5) is 10.5 Å². The summed E-state index contributed by atoms with van der Waals surface area (Å²) in [5.41, 5.74) is 1.00. The highest BCUT2D eigenvalue weighted by atomic mass is 16.4. The molecular formula is C14H17N3O4. The summed E-state index contributed by atoms with van der Waals surface area (Å²) in [6.07, 6.45) is 1.40. The van der Waals surface area contributed by atoms with Crippen LogP contribution >= 0.6 is 0 Å². The molecule has 1 atom stereocenters. The van der Waals surface area contributed by atoms with Gasteiger partial charge < -0.3 is 21.1 Å². The average molecular weight is 291 g/mol. The molecule has 0 radical (unpaired) electrons. The van der Waals surface area contributed by atoms with Crippen molar-refractivity contribution < 1.29 is 19.5 Å². The van der Waals surface area contributed by atoms with Crippen LogP contribution in [0, 0.1) is 6.92 Å². The second-order valence-corrected chi connectivity index (χ2v) is 4.87. The predicted molar refractivity (Wildman–Crippen MR) is 76.3 cm³/mol. The molecule has 3 amide bonds. The third kappa shape index (κ3) is 3.50. The minimum Gasteiger partial charge on any atom is -0.478 e. The van der Waals surface area contributed by atoms with Crippen LogP contribution in [0.15, 0.2) is 18.2 Å². The van der Waals surface area contributed by atoms with Crippen molar-refractivity contribution in [1.82, 2.24) is 10.6 Å². The smallest absolute Gasteiger partial charge is 0.336 e. The summed E-state index contributed by atoms with van der Waals surface area (Å²) in [5.74, 6) is -1.25. The lowest BCUT2D eigenvalue weighted by atomic mass is 10.1. The van der Waals surface area contributed by atoms with Gasteiger partial charge >= 0.3 is 12.0 Å². The topological polar surface area (TPSA) is 108 Å². The summed E-state index contributed by atoms with van der Waals surface area (Å²) in [6, 6.07) is 3.56. The van der Waals surface area contributed by atoms with E-state index in [1.54, 1.807) is 19.1 Å². The summed E-state index contributed by atoms with van der Waals surface area (Å²) >= 11 is 0. The van der Waals surface area contributed by atoms with E-state index in [0.29, 0.717) is 24.2 Å². The zero-order valence-electron chi connectivity index (χ0n) is 11.6. The summed E-state index contributed by atoms with van der Waals surface area (Å²) in [4.78, 5) is 34.5. The number of rotatable bonds is 3. The van der Waals surface area contributed by atoms with E-state index >= 15 is 0 Å². The Bertz CT molecular complexity index is 586. The van der Waals surface area contributed by atoms with Gasteiger partial charge in [0.05, 0.1) is 5.56 Å². The van der Waals surface area contributed by atoms with E-state index in [4.69, 9.17) is 5.11 Å². The molecule has 4 N–H and O–H groups in total. The van der Waals surface area contributed by atoms with Gasteiger partial charge in [-0.1, -0.05) is 6.07 Å². The van der Waals surface area contributed by atoms with Crippen LogP contribution in [0.25, 0.3) is 0 Å². The van der Waals surface area contributed by atoms with Crippen molar-refractivity contribution in [3.05, 3.63) is 29.3 Å². The van der Waals surface area contributed by atoms with Crippen molar-refractivity contribution in [3.63, 3.8) is 0 Å². The molecule has 1 aliphatic heterocycles. The van der Waals surface area contributed by atoms with Gasteiger partial charge in [-0.3, -0.25) is 4.79 Å². The van der Waals surface area contributed by atoms with E-state index in [-0.39, 0.29) is 11.5 Å². The van der Waals surface area contributed by atoms with Gasteiger partial charge in [0.25, 0.3) is 0 Å². The van der Waals surface area contributed by atoms with Gasteiger partial charge in [0.15, 0.2) is 0 Å². The van der Waals surface area contributed by atoms with E-state index < -0.39 is 18.0 Å². The Morgan fingerprint density at radius 1 is 1.38 bits per heavy atom. The summed E-state index contributed by atoms with van der Waals surface area (Å²) in [5, 5.41) is 16.9. The fraction of sp³-hybridized carbons (Fsp3) is 0.357. The first-order valence-electron chi connectivity index (χ1n) is 6.67. The van der Waals surface area contributed by atoms with E-state index in [1.165, 1.54) is 6.07 Å². The van der Waals surface area contributed by atoms with Gasteiger partial charge in [0.1, 0.15) is 6.04 Å². The number of carboxylic acids is 1. The lowest BCUT2D eigenvalue weighted by Gasteiger charge is -2.23. The molecule has 21 heavy (non-hydrogen) atoms. The Balaban J connectivity index is 2.04. The summed E-state index contributed by atoms with van der Waals surface area (Å²) in [7, 11) is 0. The molecular weight excluding hydrogens is 274 g/mol. The molecule has 7 nitrogen and oxygen atoms in total. The molecule has 0 bridgehead atoms. The number of anilines is 1. The van der Waals surface area contributed by atoms with Crippen LogP contribution in [0.3, 0.4) is 0 Å². The molecule has 1 heterocycles. The number of hydrogen-bond donors (Lipinski definition) is 4. The average Bonchev–Trinajstić information content (AvgIpc) is 2.43.